The fourth-order valence-corrected chi connectivity index (χ4v) is 4.48. The highest BCUT2D eigenvalue weighted by Crippen LogP contribution is 2.28. The molecule has 6 N–H and O–H groups in total. The standard InChI is InChI=1S/C17H21N7O3S3/c1-28-11-8-21-16(22-9-11)20-6-10(4-15(18)25)7-23-17-24-13-3-2-12(30(19,26)27)5-14(13)29-17/h2-3,5,8-10H,4,6-7H2,1H3,(H2,18,25)(H,23,24)(H2,19,26,27)(H,20,21,22). The number of primary sulfonamides is 1. The maximum absolute atomic E-state index is 11.5. The molecule has 0 spiro atoms. The van der Waals surface area contributed by atoms with Gasteiger partial charge in [-0.3, -0.25) is 4.79 Å². The summed E-state index contributed by atoms with van der Waals surface area (Å²) in [4.78, 5) is 25.3. The summed E-state index contributed by atoms with van der Waals surface area (Å²) in [6, 6.07) is 4.52. The molecular formula is C17H21N7O3S3. The summed E-state index contributed by atoms with van der Waals surface area (Å²) in [6.07, 6.45) is 5.55. The lowest BCUT2D eigenvalue weighted by molar-refractivity contribution is -0.118. The number of fused-ring (bicyclic) bond motifs is 1. The normalized spacial score (nSPS) is 12.6. The van der Waals surface area contributed by atoms with Crippen LogP contribution >= 0.6 is 23.1 Å². The fraction of sp³-hybridized carbons (Fsp3) is 0.294. The molecule has 3 aromatic rings. The van der Waals surface area contributed by atoms with Gasteiger partial charge < -0.3 is 16.4 Å². The van der Waals surface area contributed by atoms with Crippen LogP contribution in [0.4, 0.5) is 11.1 Å². The molecule has 2 aromatic heterocycles. The van der Waals surface area contributed by atoms with Crippen LogP contribution in [-0.4, -0.2) is 48.6 Å². The molecule has 30 heavy (non-hydrogen) atoms. The number of thioether (sulfide) groups is 1. The van der Waals surface area contributed by atoms with Crippen LogP contribution in [-0.2, 0) is 14.8 Å². The van der Waals surface area contributed by atoms with Gasteiger partial charge in [-0.15, -0.1) is 11.8 Å². The summed E-state index contributed by atoms with van der Waals surface area (Å²) in [7, 11) is -3.78. The van der Waals surface area contributed by atoms with Crippen LogP contribution in [0, 0.1) is 5.92 Å². The minimum Gasteiger partial charge on any atom is -0.370 e. The van der Waals surface area contributed by atoms with Crippen molar-refractivity contribution in [1.29, 1.82) is 0 Å². The van der Waals surface area contributed by atoms with E-state index in [-0.39, 0.29) is 17.2 Å². The monoisotopic (exact) mass is 467 g/mol. The number of hydrogen-bond acceptors (Lipinski definition) is 10. The maximum Gasteiger partial charge on any atom is 0.238 e. The first-order valence-corrected chi connectivity index (χ1v) is 12.4. The highest BCUT2D eigenvalue weighted by Gasteiger charge is 2.15. The zero-order chi connectivity index (χ0) is 21.7. The summed E-state index contributed by atoms with van der Waals surface area (Å²) < 4.78 is 23.7. The number of anilines is 2. The van der Waals surface area contributed by atoms with Gasteiger partial charge in [-0.25, -0.2) is 28.5 Å². The first-order chi connectivity index (χ1) is 14.2. The molecule has 2 heterocycles. The predicted molar refractivity (Wildman–Crippen MR) is 119 cm³/mol. The molecule has 0 aliphatic carbocycles. The van der Waals surface area contributed by atoms with Gasteiger partial charge in [-0.1, -0.05) is 11.3 Å². The third kappa shape index (κ3) is 6.01. The van der Waals surface area contributed by atoms with Crippen LogP contribution in [0.3, 0.4) is 0 Å². The van der Waals surface area contributed by atoms with Crippen LogP contribution in [0.25, 0.3) is 10.2 Å². The minimum atomic E-state index is -3.78. The first kappa shape index (κ1) is 22.2. The molecule has 1 aromatic carbocycles. The van der Waals surface area contributed by atoms with Crippen molar-refractivity contribution in [2.45, 2.75) is 16.2 Å². The molecule has 0 saturated heterocycles. The van der Waals surface area contributed by atoms with Gasteiger partial charge in [0.05, 0.1) is 15.1 Å². The van der Waals surface area contributed by atoms with Gasteiger partial charge in [0.1, 0.15) is 0 Å². The molecule has 1 amide bonds. The van der Waals surface area contributed by atoms with Gasteiger partial charge in [-0.05, 0) is 24.5 Å². The van der Waals surface area contributed by atoms with Crippen molar-refractivity contribution in [3.05, 3.63) is 30.6 Å². The van der Waals surface area contributed by atoms with Crippen molar-refractivity contribution < 1.29 is 13.2 Å². The Morgan fingerprint density at radius 3 is 2.57 bits per heavy atom. The molecule has 0 aliphatic heterocycles. The Labute approximate surface area is 181 Å². The van der Waals surface area contributed by atoms with E-state index in [1.54, 1.807) is 30.2 Å². The van der Waals surface area contributed by atoms with Gasteiger partial charge in [0.15, 0.2) is 5.13 Å². The van der Waals surface area contributed by atoms with E-state index in [9.17, 15) is 13.2 Å². The van der Waals surface area contributed by atoms with Gasteiger partial charge in [0, 0.05) is 42.7 Å². The van der Waals surface area contributed by atoms with Crippen LogP contribution in [0.5, 0.6) is 0 Å². The van der Waals surface area contributed by atoms with Crippen LogP contribution in [0.1, 0.15) is 6.42 Å². The topological polar surface area (TPSA) is 166 Å². The second kappa shape index (κ2) is 9.55. The Morgan fingerprint density at radius 2 is 1.93 bits per heavy atom. The largest absolute Gasteiger partial charge is 0.370 e. The third-order valence-electron chi connectivity index (χ3n) is 4.13. The summed E-state index contributed by atoms with van der Waals surface area (Å²) in [5, 5.41) is 12.1. The van der Waals surface area contributed by atoms with Crippen LogP contribution in [0.15, 0.2) is 40.4 Å². The van der Waals surface area contributed by atoms with Crippen LogP contribution < -0.4 is 21.5 Å². The molecule has 10 nitrogen and oxygen atoms in total. The average Bonchev–Trinajstić information content (AvgIpc) is 3.11. The molecule has 160 valence electrons. The predicted octanol–water partition coefficient (Wildman–Crippen LogP) is 1.47. The highest BCUT2D eigenvalue weighted by atomic mass is 32.2. The van der Waals surface area contributed by atoms with Gasteiger partial charge in [0.25, 0.3) is 0 Å². The number of primary amides is 1. The smallest absolute Gasteiger partial charge is 0.238 e. The second-order valence-corrected chi connectivity index (χ2v) is 9.91. The fourth-order valence-electron chi connectivity index (χ4n) is 2.64. The molecular weight excluding hydrogens is 446 g/mol. The minimum absolute atomic E-state index is 0.0356. The number of nitrogens with one attached hydrogen (secondary N) is 2. The molecule has 0 aliphatic rings. The number of carbonyl (C=O) groups excluding carboxylic acids is 1. The molecule has 3 rings (SSSR count). The van der Waals surface area contributed by atoms with E-state index >= 15 is 0 Å². The number of amides is 1. The van der Waals surface area contributed by atoms with E-state index in [1.165, 1.54) is 23.5 Å². The zero-order valence-corrected chi connectivity index (χ0v) is 18.5. The Hall–Kier alpha value is -2.48. The Morgan fingerprint density at radius 1 is 1.23 bits per heavy atom. The number of thiazole rings is 1. The van der Waals surface area contributed by atoms with Gasteiger partial charge >= 0.3 is 0 Å². The molecule has 0 fully saturated rings. The SMILES string of the molecule is CSc1cnc(NCC(CNc2nc3ccc(S(N)(=O)=O)cc3s2)CC(N)=O)nc1. The van der Waals surface area contributed by atoms with Crippen molar-refractivity contribution in [3.8, 4) is 0 Å². The summed E-state index contributed by atoms with van der Waals surface area (Å²) >= 11 is 2.85. The number of sulfonamides is 1. The first-order valence-electron chi connectivity index (χ1n) is 8.80. The Bertz CT molecular complexity index is 1130. The number of carbonyl (C=O) groups is 1. The lowest BCUT2D eigenvalue weighted by Gasteiger charge is -2.16. The van der Waals surface area contributed by atoms with Crippen molar-refractivity contribution in [3.63, 3.8) is 0 Å². The molecule has 13 heteroatoms. The van der Waals surface area contributed by atoms with E-state index in [4.69, 9.17) is 10.9 Å². The Balaban J connectivity index is 1.65. The van der Waals surface area contributed by atoms with Crippen molar-refractivity contribution in [1.82, 2.24) is 15.0 Å². The van der Waals surface area contributed by atoms with E-state index < -0.39 is 15.9 Å². The summed E-state index contributed by atoms with van der Waals surface area (Å²) in [6.45, 7) is 0.871. The van der Waals surface area contributed by atoms with E-state index in [0.717, 1.165) is 4.90 Å². The number of hydrogen-bond donors (Lipinski definition) is 4. The molecule has 1 unspecified atom stereocenters. The summed E-state index contributed by atoms with van der Waals surface area (Å²) in [5.74, 6) is -0.0690. The number of aromatic nitrogens is 3. The molecule has 0 radical (unpaired) electrons. The van der Waals surface area contributed by atoms with E-state index in [2.05, 4.69) is 25.6 Å². The number of benzene rings is 1. The van der Waals surface area contributed by atoms with Gasteiger partial charge in [0.2, 0.25) is 21.9 Å². The number of nitrogens with two attached hydrogens (primary N) is 2. The molecule has 0 bridgehead atoms. The van der Waals surface area contributed by atoms with E-state index in [0.29, 0.717) is 34.4 Å². The highest BCUT2D eigenvalue weighted by molar-refractivity contribution is 7.98. The maximum atomic E-state index is 11.5. The Kier molecular flexibility index (Phi) is 7.07. The molecule has 0 saturated carbocycles. The lowest BCUT2D eigenvalue weighted by atomic mass is 10.1. The van der Waals surface area contributed by atoms with Crippen molar-refractivity contribution in [2.24, 2.45) is 16.8 Å². The van der Waals surface area contributed by atoms with Gasteiger partial charge in [-0.2, -0.15) is 0 Å². The lowest BCUT2D eigenvalue weighted by Crippen LogP contribution is -2.28. The average molecular weight is 468 g/mol. The second-order valence-electron chi connectivity index (χ2n) is 6.44. The quantitative estimate of drug-likeness (QED) is 0.323. The van der Waals surface area contributed by atoms with Crippen LogP contribution in [0.2, 0.25) is 0 Å². The van der Waals surface area contributed by atoms with Crippen molar-refractivity contribution in [2.75, 3.05) is 30.0 Å². The van der Waals surface area contributed by atoms with E-state index in [1.807, 2.05) is 6.26 Å². The number of rotatable bonds is 10. The molecule has 1 atom stereocenters. The number of nitrogens with zero attached hydrogens (tertiary/aromatic N) is 3. The third-order valence-corrected chi connectivity index (χ3v) is 6.70. The summed E-state index contributed by atoms with van der Waals surface area (Å²) in [5.41, 5.74) is 6.03. The van der Waals surface area contributed by atoms with Crippen molar-refractivity contribution >= 4 is 60.3 Å². The zero-order valence-electron chi connectivity index (χ0n) is 16.0.